The van der Waals surface area contributed by atoms with E-state index in [0.717, 1.165) is 11.3 Å². The van der Waals surface area contributed by atoms with Crippen molar-refractivity contribution in [1.82, 2.24) is 10.2 Å². The number of hydrogen-bond acceptors (Lipinski definition) is 7. The van der Waals surface area contributed by atoms with Gasteiger partial charge in [0.2, 0.25) is 0 Å². The van der Waals surface area contributed by atoms with E-state index in [9.17, 15) is 19.5 Å². The average Bonchev–Trinajstić information content (AvgIpc) is 2.80. The summed E-state index contributed by atoms with van der Waals surface area (Å²) in [5.41, 5.74) is 0.800. The number of hydrogen-bond donors (Lipinski definition) is 2. The van der Waals surface area contributed by atoms with Crippen molar-refractivity contribution >= 4 is 39.9 Å². The Morgan fingerprint density at radius 2 is 1.79 bits per heavy atom. The van der Waals surface area contributed by atoms with Gasteiger partial charge in [-0.3, -0.25) is 19.8 Å². The van der Waals surface area contributed by atoms with Gasteiger partial charge in [-0.2, -0.15) is 0 Å². The third kappa shape index (κ3) is 5.28. The molecule has 1 aliphatic rings. The van der Waals surface area contributed by atoms with Crippen molar-refractivity contribution in [2.24, 2.45) is 0 Å². The lowest BCUT2D eigenvalue weighted by molar-refractivity contribution is -0.130. The second-order valence-corrected chi connectivity index (χ2v) is 7.95. The Labute approximate surface area is 199 Å². The van der Waals surface area contributed by atoms with Crippen molar-refractivity contribution in [3.63, 3.8) is 0 Å². The van der Waals surface area contributed by atoms with Crippen LogP contribution in [-0.2, 0) is 16.1 Å². The molecule has 3 rings (SSSR count). The largest absolute Gasteiger partial charge is 0.503 e. The van der Waals surface area contributed by atoms with Crippen molar-refractivity contribution in [3.8, 4) is 23.0 Å². The van der Waals surface area contributed by atoms with Crippen molar-refractivity contribution in [2.75, 3.05) is 20.8 Å². The number of methoxy groups -OCH3 is 2. The van der Waals surface area contributed by atoms with Crippen molar-refractivity contribution < 1.29 is 33.7 Å². The number of aromatic hydroxyl groups is 1. The number of halogens is 1. The first-order valence-electron chi connectivity index (χ1n) is 10.0. The van der Waals surface area contributed by atoms with Crippen LogP contribution in [0.15, 0.2) is 40.4 Å². The second-order valence-electron chi connectivity index (χ2n) is 7.10. The number of carbonyl (C=O) groups excluding carboxylic acids is 3. The van der Waals surface area contributed by atoms with E-state index in [1.54, 1.807) is 18.2 Å². The van der Waals surface area contributed by atoms with Gasteiger partial charge >= 0.3 is 6.03 Å². The van der Waals surface area contributed by atoms with Gasteiger partial charge in [-0.25, -0.2) is 4.79 Å². The van der Waals surface area contributed by atoms with Gasteiger partial charge < -0.3 is 19.3 Å². The molecule has 1 heterocycles. The summed E-state index contributed by atoms with van der Waals surface area (Å²) in [6.07, 6.45) is 2.16. The lowest BCUT2D eigenvalue weighted by atomic mass is 10.1. The van der Waals surface area contributed by atoms with Crippen LogP contribution in [0.5, 0.6) is 23.0 Å². The third-order valence-corrected chi connectivity index (χ3v) is 5.40. The van der Waals surface area contributed by atoms with Gasteiger partial charge in [-0.15, -0.1) is 0 Å². The minimum absolute atomic E-state index is 0.0811. The summed E-state index contributed by atoms with van der Waals surface area (Å²) in [5, 5.41) is 12.2. The van der Waals surface area contributed by atoms with Gasteiger partial charge in [0.05, 0.1) is 31.8 Å². The van der Waals surface area contributed by atoms with Crippen LogP contribution in [0.4, 0.5) is 4.79 Å². The van der Waals surface area contributed by atoms with Crippen LogP contribution in [0.25, 0.3) is 6.08 Å². The Hall–Kier alpha value is -3.53. The van der Waals surface area contributed by atoms with E-state index < -0.39 is 17.8 Å². The first kappa shape index (κ1) is 24.1. The van der Waals surface area contributed by atoms with Crippen LogP contribution >= 0.6 is 15.9 Å². The normalized spacial score (nSPS) is 15.0. The first-order chi connectivity index (χ1) is 15.8. The van der Waals surface area contributed by atoms with Gasteiger partial charge in [-0.1, -0.05) is 13.0 Å². The number of urea groups is 1. The molecular weight excluding hydrogens is 496 g/mol. The minimum Gasteiger partial charge on any atom is -0.503 e. The highest BCUT2D eigenvalue weighted by molar-refractivity contribution is 9.10. The SMILES string of the molecule is CCCOc1ccc(CN2C(=O)NC(=O)/C(=C\c3cc(Br)c(O)c(OC)c3)C2=O)cc1OC. The maximum atomic E-state index is 13.1. The molecule has 0 aliphatic carbocycles. The van der Waals surface area contributed by atoms with Gasteiger partial charge in [0.1, 0.15) is 5.57 Å². The van der Waals surface area contributed by atoms with Crippen LogP contribution in [0.1, 0.15) is 24.5 Å². The quantitative estimate of drug-likeness (QED) is 0.405. The maximum absolute atomic E-state index is 13.1. The highest BCUT2D eigenvalue weighted by Gasteiger charge is 2.36. The van der Waals surface area contributed by atoms with Crippen LogP contribution in [0, 0.1) is 0 Å². The molecular formula is C23H23BrN2O7. The van der Waals surface area contributed by atoms with E-state index in [0.29, 0.717) is 33.7 Å². The van der Waals surface area contributed by atoms with E-state index in [1.807, 2.05) is 6.92 Å². The van der Waals surface area contributed by atoms with E-state index >= 15 is 0 Å². The lowest BCUT2D eigenvalue weighted by Gasteiger charge is -2.26. The van der Waals surface area contributed by atoms with E-state index in [4.69, 9.17) is 14.2 Å². The van der Waals surface area contributed by atoms with E-state index in [-0.39, 0.29) is 23.6 Å². The molecule has 0 aromatic heterocycles. The number of barbiturate groups is 1. The molecule has 2 N–H and O–H groups in total. The first-order valence-corrected chi connectivity index (χ1v) is 10.8. The molecule has 1 aliphatic heterocycles. The van der Waals surface area contributed by atoms with Crippen molar-refractivity contribution in [2.45, 2.75) is 19.9 Å². The number of phenolic OH excluding ortho intramolecular Hbond substituents is 1. The summed E-state index contributed by atoms with van der Waals surface area (Å²) < 4.78 is 16.4. The Morgan fingerprint density at radius 1 is 1.06 bits per heavy atom. The standard InChI is InChI=1S/C23H23BrN2O7/c1-4-7-33-17-6-5-13(10-18(17)31-2)12-26-22(29)15(21(28)25-23(26)30)8-14-9-16(24)20(27)19(11-14)32-3/h5-6,8-11,27H,4,7,12H2,1-3H3,(H,25,28,30)/b15-8+. The number of imide groups is 2. The Morgan fingerprint density at radius 3 is 2.45 bits per heavy atom. The van der Waals surface area contributed by atoms with E-state index in [1.165, 1.54) is 32.4 Å². The highest BCUT2D eigenvalue weighted by atomic mass is 79.9. The summed E-state index contributed by atoms with van der Waals surface area (Å²) in [7, 11) is 2.88. The van der Waals surface area contributed by atoms with Gasteiger partial charge in [0.15, 0.2) is 23.0 Å². The monoisotopic (exact) mass is 518 g/mol. The molecule has 0 bridgehead atoms. The number of ether oxygens (including phenoxy) is 3. The third-order valence-electron chi connectivity index (χ3n) is 4.80. The maximum Gasteiger partial charge on any atom is 0.331 e. The molecule has 1 fully saturated rings. The van der Waals surface area contributed by atoms with Gasteiger partial charge in [-0.05, 0) is 63.8 Å². The van der Waals surface area contributed by atoms with Crippen LogP contribution in [-0.4, -0.2) is 48.7 Å². The molecule has 0 spiro atoms. The average molecular weight is 519 g/mol. The molecule has 0 radical (unpaired) electrons. The molecule has 0 atom stereocenters. The van der Waals surface area contributed by atoms with Gasteiger partial charge in [0, 0.05) is 0 Å². The summed E-state index contributed by atoms with van der Waals surface area (Å²) in [6.45, 7) is 2.43. The fourth-order valence-electron chi connectivity index (χ4n) is 3.16. The van der Waals surface area contributed by atoms with Crippen molar-refractivity contribution in [3.05, 3.63) is 51.5 Å². The molecule has 4 amide bonds. The number of carbonyl (C=O) groups is 3. The number of nitrogens with one attached hydrogen (secondary N) is 1. The zero-order valence-corrected chi connectivity index (χ0v) is 19.9. The number of amides is 4. The molecule has 174 valence electrons. The molecule has 2 aromatic carbocycles. The van der Waals surface area contributed by atoms with E-state index in [2.05, 4.69) is 21.2 Å². The molecule has 10 heteroatoms. The predicted octanol–water partition coefficient (Wildman–Crippen LogP) is 3.62. The fourth-order valence-corrected chi connectivity index (χ4v) is 3.62. The Bertz CT molecular complexity index is 1130. The number of phenols is 1. The summed E-state index contributed by atoms with van der Waals surface area (Å²) >= 11 is 3.20. The summed E-state index contributed by atoms with van der Waals surface area (Å²) in [4.78, 5) is 38.8. The summed E-state index contributed by atoms with van der Waals surface area (Å²) in [5.74, 6) is -0.497. The van der Waals surface area contributed by atoms with Crippen LogP contribution in [0.2, 0.25) is 0 Å². The second kappa shape index (κ2) is 10.4. The van der Waals surface area contributed by atoms with Crippen LogP contribution in [0.3, 0.4) is 0 Å². The zero-order chi connectivity index (χ0) is 24.1. The zero-order valence-electron chi connectivity index (χ0n) is 18.3. The van der Waals surface area contributed by atoms with Crippen molar-refractivity contribution in [1.29, 1.82) is 0 Å². The topological polar surface area (TPSA) is 114 Å². The molecule has 2 aromatic rings. The number of nitrogens with zero attached hydrogens (tertiary/aromatic N) is 1. The highest BCUT2D eigenvalue weighted by Crippen LogP contribution is 2.36. The lowest BCUT2D eigenvalue weighted by Crippen LogP contribution is -2.53. The molecule has 1 saturated heterocycles. The Kier molecular flexibility index (Phi) is 7.59. The predicted molar refractivity (Wildman–Crippen MR) is 123 cm³/mol. The summed E-state index contributed by atoms with van der Waals surface area (Å²) in [6, 6.07) is 7.26. The Balaban J connectivity index is 1.90. The molecule has 33 heavy (non-hydrogen) atoms. The number of rotatable bonds is 8. The molecule has 9 nitrogen and oxygen atoms in total. The smallest absolute Gasteiger partial charge is 0.331 e. The minimum atomic E-state index is -0.822. The number of benzene rings is 2. The molecule has 0 unspecified atom stereocenters. The van der Waals surface area contributed by atoms with Gasteiger partial charge in [0.25, 0.3) is 11.8 Å². The fraction of sp³-hybridized carbons (Fsp3) is 0.261. The molecule has 0 saturated carbocycles. The van der Waals surface area contributed by atoms with Crippen LogP contribution < -0.4 is 19.5 Å².